The molecule has 1 aliphatic rings. The Bertz CT molecular complexity index is 1030. The Hall–Kier alpha value is -2.13. The van der Waals surface area contributed by atoms with Crippen LogP contribution >= 0.6 is 0 Å². The standard InChI is InChI=1S/C15H22.C12H8N2.Ir.H2O/c1-10-11(2)13(4)15(12(10)3)14-8-6-5-7-9-14;1-3-9-5-6-10-4-2-8-14-12(10)11(9)13-7-1;;/h5-13,15H,1-4H3;1-8H;;1H2. The second-order valence-electron chi connectivity index (χ2n) is 8.59. The van der Waals surface area contributed by atoms with Crippen molar-refractivity contribution in [3.63, 3.8) is 0 Å². The minimum Gasteiger partial charge on any atom is -0.412 e. The summed E-state index contributed by atoms with van der Waals surface area (Å²) in [5.74, 6) is 4.10. The van der Waals surface area contributed by atoms with E-state index < -0.39 is 0 Å². The van der Waals surface area contributed by atoms with Crippen LogP contribution in [0.15, 0.2) is 79.1 Å². The topological polar surface area (TPSA) is 57.3 Å². The molecule has 0 bridgehead atoms. The van der Waals surface area contributed by atoms with Crippen LogP contribution in [0.3, 0.4) is 0 Å². The van der Waals surface area contributed by atoms with Crippen molar-refractivity contribution in [1.82, 2.24) is 9.97 Å². The number of benzene rings is 2. The molecule has 5 rings (SSSR count). The molecule has 4 atom stereocenters. The Morgan fingerprint density at radius 2 is 1.00 bits per heavy atom. The van der Waals surface area contributed by atoms with Crippen molar-refractivity contribution in [2.75, 3.05) is 0 Å². The number of pyridine rings is 2. The molecule has 0 saturated heterocycles. The van der Waals surface area contributed by atoms with E-state index in [1.165, 1.54) is 5.56 Å². The van der Waals surface area contributed by atoms with Crippen molar-refractivity contribution in [1.29, 1.82) is 0 Å². The summed E-state index contributed by atoms with van der Waals surface area (Å²) >= 11 is 0. The maximum atomic E-state index is 4.35. The van der Waals surface area contributed by atoms with E-state index in [4.69, 9.17) is 0 Å². The average Bonchev–Trinajstić information content (AvgIpc) is 2.97. The van der Waals surface area contributed by atoms with Gasteiger partial charge in [-0.25, -0.2) is 0 Å². The third kappa shape index (κ3) is 5.03. The van der Waals surface area contributed by atoms with E-state index in [9.17, 15) is 0 Å². The Labute approximate surface area is 199 Å². The van der Waals surface area contributed by atoms with Crippen LogP contribution in [0.1, 0.15) is 39.2 Å². The molecule has 3 nitrogen and oxygen atoms in total. The van der Waals surface area contributed by atoms with E-state index >= 15 is 0 Å². The van der Waals surface area contributed by atoms with Gasteiger partial charge in [0.2, 0.25) is 0 Å². The first-order chi connectivity index (χ1) is 14.1. The molecule has 1 aliphatic carbocycles. The number of hydrogen-bond acceptors (Lipinski definition) is 2. The van der Waals surface area contributed by atoms with Crippen LogP contribution < -0.4 is 0 Å². The quantitative estimate of drug-likeness (QED) is 0.244. The number of nitrogens with zero attached hydrogens (tertiary/aromatic N) is 2. The van der Waals surface area contributed by atoms with Crippen molar-refractivity contribution in [2.45, 2.75) is 33.6 Å². The van der Waals surface area contributed by atoms with Gasteiger partial charge < -0.3 is 5.48 Å². The van der Waals surface area contributed by atoms with E-state index in [1.807, 2.05) is 12.1 Å². The molecule has 2 heterocycles. The van der Waals surface area contributed by atoms with Gasteiger partial charge in [0.25, 0.3) is 0 Å². The zero-order valence-corrected chi connectivity index (χ0v) is 21.0. The first kappa shape index (κ1) is 25.1. The Balaban J connectivity index is 0.000000207. The third-order valence-electron chi connectivity index (χ3n) is 7.15. The van der Waals surface area contributed by atoms with Gasteiger partial charge in [0, 0.05) is 43.3 Å². The van der Waals surface area contributed by atoms with Crippen molar-refractivity contribution < 1.29 is 25.6 Å². The van der Waals surface area contributed by atoms with Crippen LogP contribution in [0.4, 0.5) is 0 Å². The second-order valence-corrected chi connectivity index (χ2v) is 8.59. The molecule has 2 N–H and O–H groups in total. The van der Waals surface area contributed by atoms with E-state index in [-0.39, 0.29) is 25.6 Å². The predicted octanol–water partition coefficient (Wildman–Crippen LogP) is 6.28. The van der Waals surface area contributed by atoms with Gasteiger partial charge in [0.1, 0.15) is 0 Å². The minimum atomic E-state index is 0. The van der Waals surface area contributed by atoms with Gasteiger partial charge in [-0.15, -0.1) is 0 Å². The smallest absolute Gasteiger partial charge is 0.0964 e. The molecule has 2 aromatic heterocycles. The SMILES string of the molecule is CC1C(C)C(C)C(c2ccccc2)C1C.O.[Ir].c1cnc2c(c1)ccc1cccnc12. The fourth-order valence-electron chi connectivity index (χ4n) is 5.05. The maximum absolute atomic E-state index is 4.35. The van der Waals surface area contributed by atoms with Crippen molar-refractivity contribution in [3.8, 4) is 0 Å². The molecular formula is C27H32IrN2O. The van der Waals surface area contributed by atoms with Gasteiger partial charge in [-0.3, -0.25) is 9.97 Å². The molecule has 0 spiro atoms. The van der Waals surface area contributed by atoms with E-state index in [1.54, 1.807) is 12.4 Å². The normalized spacial score (nSPS) is 24.6. The summed E-state index contributed by atoms with van der Waals surface area (Å²) in [7, 11) is 0. The van der Waals surface area contributed by atoms with Gasteiger partial charge in [-0.2, -0.15) is 0 Å². The van der Waals surface area contributed by atoms with Crippen LogP contribution in [0.25, 0.3) is 21.8 Å². The monoisotopic (exact) mass is 593 g/mol. The molecule has 0 amide bonds. The summed E-state index contributed by atoms with van der Waals surface area (Å²) < 4.78 is 0. The summed E-state index contributed by atoms with van der Waals surface area (Å²) in [6.07, 6.45) is 3.60. The average molecular weight is 593 g/mol. The largest absolute Gasteiger partial charge is 0.412 e. The van der Waals surface area contributed by atoms with Crippen LogP contribution in [0, 0.1) is 23.7 Å². The second kappa shape index (κ2) is 10.9. The van der Waals surface area contributed by atoms with Gasteiger partial charge in [0.15, 0.2) is 0 Å². The molecule has 1 saturated carbocycles. The summed E-state index contributed by atoms with van der Waals surface area (Å²) in [5, 5.41) is 2.28. The summed E-state index contributed by atoms with van der Waals surface area (Å²) in [4.78, 5) is 8.69. The molecule has 2 aromatic carbocycles. The van der Waals surface area contributed by atoms with Gasteiger partial charge in [0.05, 0.1) is 11.0 Å². The first-order valence-corrected chi connectivity index (χ1v) is 10.7. The minimum absolute atomic E-state index is 0. The molecule has 31 heavy (non-hydrogen) atoms. The van der Waals surface area contributed by atoms with Crippen molar-refractivity contribution in [3.05, 3.63) is 84.7 Å². The maximum Gasteiger partial charge on any atom is 0.0964 e. The van der Waals surface area contributed by atoms with E-state index in [0.717, 1.165) is 51.4 Å². The van der Waals surface area contributed by atoms with Crippen LogP contribution in [-0.2, 0) is 20.1 Å². The number of rotatable bonds is 1. The summed E-state index contributed by atoms with van der Waals surface area (Å²) in [6, 6.07) is 23.2. The zero-order valence-electron chi connectivity index (χ0n) is 18.6. The molecule has 165 valence electrons. The molecule has 0 aliphatic heterocycles. The molecular weight excluding hydrogens is 561 g/mol. The van der Waals surface area contributed by atoms with Crippen molar-refractivity contribution in [2.24, 2.45) is 23.7 Å². The van der Waals surface area contributed by atoms with Crippen LogP contribution in [0.2, 0.25) is 0 Å². The molecule has 4 heteroatoms. The third-order valence-corrected chi connectivity index (χ3v) is 7.15. The molecule has 4 aromatic rings. The van der Waals surface area contributed by atoms with Crippen molar-refractivity contribution >= 4 is 21.8 Å². The van der Waals surface area contributed by atoms with Crippen LogP contribution in [-0.4, -0.2) is 15.4 Å². The van der Waals surface area contributed by atoms with E-state index in [0.29, 0.717) is 0 Å². The van der Waals surface area contributed by atoms with E-state index in [2.05, 4.69) is 92.3 Å². The summed E-state index contributed by atoms with van der Waals surface area (Å²) in [5.41, 5.74) is 3.49. The Morgan fingerprint density at radius 3 is 1.45 bits per heavy atom. The fourth-order valence-corrected chi connectivity index (χ4v) is 5.05. The van der Waals surface area contributed by atoms with Gasteiger partial charge in [-0.05, 0) is 47.3 Å². The Kier molecular flexibility index (Phi) is 8.88. The first-order valence-electron chi connectivity index (χ1n) is 10.7. The Morgan fingerprint density at radius 1 is 0.548 bits per heavy atom. The number of aromatic nitrogens is 2. The number of fused-ring (bicyclic) bond motifs is 3. The van der Waals surface area contributed by atoms with Gasteiger partial charge >= 0.3 is 0 Å². The predicted molar refractivity (Wildman–Crippen MR) is 126 cm³/mol. The van der Waals surface area contributed by atoms with Gasteiger partial charge in [-0.1, -0.05) is 82.3 Å². The molecule has 4 unspecified atom stereocenters. The molecule has 1 fully saturated rings. The number of hydrogen-bond donors (Lipinski definition) is 0. The summed E-state index contributed by atoms with van der Waals surface area (Å²) in [6.45, 7) is 9.66. The zero-order chi connectivity index (χ0) is 20.4. The fraction of sp³-hybridized carbons (Fsp3) is 0.333. The van der Waals surface area contributed by atoms with Crippen LogP contribution in [0.5, 0.6) is 0 Å². The molecule has 1 radical (unpaired) electrons.